The zero-order valence-electron chi connectivity index (χ0n) is 8.75. The number of hydrogen-bond donors (Lipinski definition) is 4. The van der Waals surface area contributed by atoms with Gasteiger partial charge < -0.3 is 16.4 Å². The molecule has 5 N–H and O–H groups in total. The van der Waals surface area contributed by atoms with Crippen molar-refractivity contribution in [2.45, 2.75) is 44.2 Å². The molecule has 2 fully saturated rings. The predicted molar refractivity (Wildman–Crippen MR) is 57.7 cm³/mol. The van der Waals surface area contributed by atoms with Crippen molar-refractivity contribution in [3.63, 3.8) is 0 Å². The van der Waals surface area contributed by atoms with E-state index in [-0.39, 0.29) is 23.8 Å². The minimum absolute atomic E-state index is 0.0370. The van der Waals surface area contributed by atoms with Gasteiger partial charge in [0.25, 0.3) is 0 Å². The summed E-state index contributed by atoms with van der Waals surface area (Å²) < 4.78 is 0. The highest BCUT2D eigenvalue weighted by Crippen LogP contribution is 2.25. The van der Waals surface area contributed by atoms with E-state index in [1.807, 2.05) is 0 Å². The van der Waals surface area contributed by atoms with E-state index in [0.717, 1.165) is 32.1 Å². The van der Waals surface area contributed by atoms with Crippen molar-refractivity contribution >= 4 is 11.9 Å². The van der Waals surface area contributed by atoms with Crippen molar-refractivity contribution in [1.29, 1.82) is 5.41 Å². The maximum absolute atomic E-state index is 11.5. The molecule has 84 valence electrons. The van der Waals surface area contributed by atoms with Crippen LogP contribution in [-0.4, -0.2) is 24.0 Å². The smallest absolute Gasteiger partial charge is 0.315 e. The van der Waals surface area contributed by atoms with Gasteiger partial charge in [-0.15, -0.1) is 0 Å². The Balaban J connectivity index is 1.81. The van der Waals surface area contributed by atoms with Crippen LogP contribution in [-0.2, 0) is 0 Å². The Kier molecular flexibility index (Phi) is 2.79. The van der Waals surface area contributed by atoms with E-state index in [0.29, 0.717) is 6.04 Å². The number of amides is 2. The third kappa shape index (κ3) is 2.61. The van der Waals surface area contributed by atoms with E-state index in [1.165, 1.54) is 0 Å². The van der Waals surface area contributed by atoms with E-state index < -0.39 is 0 Å². The summed E-state index contributed by atoms with van der Waals surface area (Å²) in [5, 5.41) is 13.2. The van der Waals surface area contributed by atoms with Gasteiger partial charge in [0.05, 0.1) is 5.84 Å². The average molecular weight is 210 g/mol. The highest BCUT2D eigenvalue weighted by molar-refractivity contribution is 5.82. The molecule has 0 aliphatic heterocycles. The van der Waals surface area contributed by atoms with E-state index in [4.69, 9.17) is 11.1 Å². The van der Waals surface area contributed by atoms with Gasteiger partial charge in [0.15, 0.2) is 0 Å². The van der Waals surface area contributed by atoms with Crippen LogP contribution in [0.1, 0.15) is 32.1 Å². The molecule has 0 saturated heterocycles. The number of hydrogen-bond acceptors (Lipinski definition) is 2. The largest absolute Gasteiger partial charge is 0.387 e. The van der Waals surface area contributed by atoms with Crippen molar-refractivity contribution in [1.82, 2.24) is 10.6 Å². The number of carbonyl (C=O) groups is 1. The Hall–Kier alpha value is -1.26. The SMILES string of the molecule is N=C(N)C1CCCC1NC(=O)NC1CC1. The quantitative estimate of drug-likeness (QED) is 0.405. The second kappa shape index (κ2) is 4.08. The van der Waals surface area contributed by atoms with E-state index in [1.54, 1.807) is 0 Å². The van der Waals surface area contributed by atoms with E-state index in [9.17, 15) is 4.79 Å². The fourth-order valence-corrected chi connectivity index (χ4v) is 2.13. The number of rotatable bonds is 3. The molecule has 0 spiro atoms. The second-order valence-corrected chi connectivity index (χ2v) is 4.49. The highest BCUT2D eigenvalue weighted by atomic mass is 16.2. The molecule has 5 heteroatoms. The monoisotopic (exact) mass is 210 g/mol. The lowest BCUT2D eigenvalue weighted by Crippen LogP contribution is -2.47. The average Bonchev–Trinajstić information content (AvgIpc) is 2.82. The molecule has 15 heavy (non-hydrogen) atoms. The lowest BCUT2D eigenvalue weighted by Gasteiger charge is -2.19. The van der Waals surface area contributed by atoms with Gasteiger partial charge in [-0.05, 0) is 25.7 Å². The third-order valence-corrected chi connectivity index (χ3v) is 3.14. The van der Waals surface area contributed by atoms with Gasteiger partial charge in [-0.1, -0.05) is 6.42 Å². The van der Waals surface area contributed by atoms with Crippen LogP contribution in [0, 0.1) is 11.3 Å². The Bertz CT molecular complexity index is 275. The van der Waals surface area contributed by atoms with E-state index >= 15 is 0 Å². The van der Waals surface area contributed by atoms with Gasteiger partial charge in [-0.25, -0.2) is 4.79 Å². The van der Waals surface area contributed by atoms with Crippen LogP contribution in [0.4, 0.5) is 4.79 Å². The zero-order chi connectivity index (χ0) is 10.8. The normalized spacial score (nSPS) is 29.9. The van der Waals surface area contributed by atoms with Gasteiger partial charge in [0, 0.05) is 18.0 Å². The predicted octanol–water partition coefficient (Wildman–Crippen LogP) is 0.553. The van der Waals surface area contributed by atoms with Crippen LogP contribution in [0.3, 0.4) is 0 Å². The Morgan fingerprint density at radius 3 is 2.53 bits per heavy atom. The molecule has 0 aromatic carbocycles. The van der Waals surface area contributed by atoms with Gasteiger partial charge >= 0.3 is 6.03 Å². The fraction of sp³-hybridized carbons (Fsp3) is 0.800. The van der Waals surface area contributed by atoms with Crippen LogP contribution in [0.2, 0.25) is 0 Å². The Labute approximate surface area is 89.3 Å². The summed E-state index contributed by atoms with van der Waals surface area (Å²) in [6.45, 7) is 0. The number of urea groups is 1. The third-order valence-electron chi connectivity index (χ3n) is 3.14. The van der Waals surface area contributed by atoms with E-state index in [2.05, 4.69) is 10.6 Å². The highest BCUT2D eigenvalue weighted by Gasteiger charge is 2.32. The maximum atomic E-state index is 11.5. The molecule has 0 aromatic heterocycles. The Morgan fingerprint density at radius 1 is 1.20 bits per heavy atom. The molecule has 0 radical (unpaired) electrons. The number of nitrogens with one attached hydrogen (secondary N) is 3. The molecule has 0 aromatic rings. The van der Waals surface area contributed by atoms with Crippen molar-refractivity contribution < 1.29 is 4.79 Å². The number of carbonyl (C=O) groups excluding carboxylic acids is 1. The topological polar surface area (TPSA) is 91.0 Å². The zero-order valence-corrected chi connectivity index (χ0v) is 8.75. The van der Waals surface area contributed by atoms with Gasteiger partial charge in [0.2, 0.25) is 0 Å². The lowest BCUT2D eigenvalue weighted by molar-refractivity contribution is 0.235. The van der Waals surface area contributed by atoms with Crippen LogP contribution >= 0.6 is 0 Å². The van der Waals surface area contributed by atoms with Crippen LogP contribution in [0.25, 0.3) is 0 Å². The fourth-order valence-electron chi connectivity index (χ4n) is 2.13. The molecule has 2 amide bonds. The number of nitrogens with two attached hydrogens (primary N) is 1. The molecule has 5 nitrogen and oxygen atoms in total. The van der Waals surface area contributed by atoms with Gasteiger partial charge in [-0.2, -0.15) is 0 Å². The first-order valence-electron chi connectivity index (χ1n) is 5.58. The van der Waals surface area contributed by atoms with Crippen molar-refractivity contribution in [2.75, 3.05) is 0 Å². The first-order chi connectivity index (χ1) is 7.16. The standard InChI is InChI=1S/C10H18N4O/c11-9(12)7-2-1-3-8(7)14-10(15)13-6-4-5-6/h6-8H,1-5H2,(H3,11,12)(H2,13,14,15). The van der Waals surface area contributed by atoms with Gasteiger partial charge in [-0.3, -0.25) is 5.41 Å². The maximum Gasteiger partial charge on any atom is 0.315 e. The minimum atomic E-state index is -0.101. The summed E-state index contributed by atoms with van der Waals surface area (Å²) in [5.41, 5.74) is 5.49. The summed E-state index contributed by atoms with van der Waals surface area (Å²) in [6.07, 6.45) is 5.08. The number of amidine groups is 1. The molecule has 0 bridgehead atoms. The lowest BCUT2D eigenvalue weighted by atomic mass is 10.0. The second-order valence-electron chi connectivity index (χ2n) is 4.49. The first-order valence-corrected chi connectivity index (χ1v) is 5.58. The molecule has 2 aliphatic carbocycles. The molecule has 2 rings (SSSR count). The molecule has 2 atom stereocenters. The summed E-state index contributed by atoms with van der Waals surface area (Å²) >= 11 is 0. The van der Waals surface area contributed by atoms with Crippen LogP contribution in [0.15, 0.2) is 0 Å². The molecule has 0 heterocycles. The summed E-state index contributed by atoms with van der Waals surface area (Å²) in [7, 11) is 0. The van der Waals surface area contributed by atoms with Crippen molar-refractivity contribution in [3.05, 3.63) is 0 Å². The summed E-state index contributed by atoms with van der Waals surface area (Å²) in [4.78, 5) is 11.5. The molecular formula is C10H18N4O. The summed E-state index contributed by atoms with van der Waals surface area (Å²) in [5.74, 6) is 0.235. The molecule has 2 saturated carbocycles. The van der Waals surface area contributed by atoms with Gasteiger partial charge in [0.1, 0.15) is 0 Å². The van der Waals surface area contributed by atoms with Crippen LogP contribution < -0.4 is 16.4 Å². The molecule has 2 aliphatic rings. The minimum Gasteiger partial charge on any atom is -0.387 e. The molecule has 2 unspecified atom stereocenters. The summed E-state index contributed by atoms with van der Waals surface area (Å²) in [6, 6.07) is 0.332. The van der Waals surface area contributed by atoms with Crippen LogP contribution in [0.5, 0.6) is 0 Å². The Morgan fingerprint density at radius 2 is 1.93 bits per heavy atom. The van der Waals surface area contributed by atoms with Crippen molar-refractivity contribution in [2.24, 2.45) is 11.7 Å². The van der Waals surface area contributed by atoms with Crippen molar-refractivity contribution in [3.8, 4) is 0 Å². The first kappa shape index (κ1) is 10.3. The molecular weight excluding hydrogens is 192 g/mol.